The fraction of sp³-hybridized carbons (Fsp3) is 0.250. The lowest BCUT2D eigenvalue weighted by Gasteiger charge is -2.18. The molecule has 1 atom stereocenters. The number of rotatable bonds is 2. The average Bonchev–Trinajstić information content (AvgIpc) is 3.21. The largest absolute Gasteiger partial charge is 0.272 e. The van der Waals surface area contributed by atoms with E-state index in [1.165, 1.54) is 17.1 Å². The summed E-state index contributed by atoms with van der Waals surface area (Å²) in [4.78, 5) is 0. The van der Waals surface area contributed by atoms with Crippen LogP contribution in [0, 0.1) is 13.8 Å². The van der Waals surface area contributed by atoms with Gasteiger partial charge in [-0.15, -0.1) is 0 Å². The van der Waals surface area contributed by atoms with Crippen LogP contribution in [0.15, 0.2) is 78.9 Å². The Morgan fingerprint density at radius 3 is 2.17 bits per heavy atom. The van der Waals surface area contributed by atoms with Gasteiger partial charge in [-0.1, -0.05) is 66.7 Å². The maximum absolute atomic E-state index is 9.92. The molecule has 1 unspecified atom stereocenters. The van der Waals surface area contributed by atoms with E-state index in [0.717, 1.165) is 28.2 Å². The Hall–Kier alpha value is -3.13. The number of fused-ring (bicyclic) bond motifs is 3. The Kier molecular flexibility index (Phi) is 3.95. The molecule has 0 saturated carbocycles. The van der Waals surface area contributed by atoms with Gasteiger partial charge in [0.05, 0.1) is 11.3 Å². The second-order valence-corrected chi connectivity index (χ2v) is 9.22. The standard InChI is InChI=1S/C28H29N2/c1-19-13-9-11-17-23(19)29-20(2)26-25(21-14-7-6-8-15-21)22-16-10-12-18-24(22)30(26)27(29)28(3,4)5/h6-18,25H,1-5H3/q+1/i25D. The van der Waals surface area contributed by atoms with Gasteiger partial charge in [0.25, 0.3) is 5.82 Å². The molecule has 0 spiro atoms. The molecule has 5 rings (SSSR count). The Morgan fingerprint density at radius 2 is 1.47 bits per heavy atom. The highest BCUT2D eigenvalue weighted by molar-refractivity contribution is 5.60. The van der Waals surface area contributed by atoms with Gasteiger partial charge in [0.15, 0.2) is 5.69 Å². The van der Waals surface area contributed by atoms with Crippen LogP contribution in [-0.2, 0) is 5.41 Å². The molecule has 2 heterocycles. The number of para-hydroxylation sites is 2. The topological polar surface area (TPSA) is 8.81 Å². The zero-order valence-electron chi connectivity index (χ0n) is 19.4. The molecule has 1 aliphatic rings. The summed E-state index contributed by atoms with van der Waals surface area (Å²) in [7, 11) is 0. The molecule has 3 aromatic carbocycles. The molecule has 2 heteroatoms. The number of aryl methyl sites for hydroxylation is 1. The lowest BCUT2D eigenvalue weighted by atomic mass is 9.89. The van der Waals surface area contributed by atoms with Gasteiger partial charge >= 0.3 is 0 Å². The lowest BCUT2D eigenvalue weighted by Crippen LogP contribution is -2.43. The predicted octanol–water partition coefficient (Wildman–Crippen LogP) is 6.16. The third-order valence-corrected chi connectivity index (χ3v) is 6.07. The van der Waals surface area contributed by atoms with E-state index in [-0.39, 0.29) is 5.41 Å². The summed E-state index contributed by atoms with van der Waals surface area (Å²) in [6, 6.07) is 27.2. The van der Waals surface area contributed by atoms with Crippen LogP contribution in [-0.4, -0.2) is 4.57 Å². The molecule has 1 aliphatic heterocycles. The van der Waals surface area contributed by atoms with Gasteiger partial charge < -0.3 is 0 Å². The summed E-state index contributed by atoms with van der Waals surface area (Å²) in [5, 5.41) is 0. The SMILES string of the molecule is [2H]C1(c2ccccc2)c2ccccc2-n2c1c(C)[n+](-c1ccccc1C)c2C(C)(C)C. The molecule has 4 aromatic rings. The van der Waals surface area contributed by atoms with E-state index in [9.17, 15) is 1.37 Å². The number of benzene rings is 3. The highest BCUT2D eigenvalue weighted by atomic mass is 15.2. The zero-order valence-corrected chi connectivity index (χ0v) is 18.4. The van der Waals surface area contributed by atoms with Gasteiger partial charge in [-0.25, -0.2) is 0 Å². The molecule has 0 bridgehead atoms. The average molecular weight is 395 g/mol. The van der Waals surface area contributed by atoms with Gasteiger partial charge in [0.2, 0.25) is 0 Å². The van der Waals surface area contributed by atoms with Crippen LogP contribution in [0.3, 0.4) is 0 Å². The minimum atomic E-state index is -0.962. The third-order valence-electron chi connectivity index (χ3n) is 6.07. The van der Waals surface area contributed by atoms with Crippen LogP contribution in [0.1, 0.15) is 61.9 Å². The van der Waals surface area contributed by atoms with Crippen LogP contribution in [0.4, 0.5) is 0 Å². The Morgan fingerprint density at radius 1 is 0.833 bits per heavy atom. The van der Waals surface area contributed by atoms with Crippen molar-refractivity contribution in [3.63, 3.8) is 0 Å². The number of hydrogen-bond acceptors (Lipinski definition) is 0. The smallest absolute Gasteiger partial charge is 0.196 e. The first-order valence-corrected chi connectivity index (χ1v) is 10.7. The van der Waals surface area contributed by atoms with E-state index in [1.54, 1.807) is 0 Å². The molecule has 0 radical (unpaired) electrons. The van der Waals surface area contributed by atoms with Crippen molar-refractivity contribution in [3.8, 4) is 11.4 Å². The summed E-state index contributed by atoms with van der Waals surface area (Å²) in [6.45, 7) is 11.1. The zero-order chi connectivity index (χ0) is 22.0. The molecular formula is C28H29N2+. The van der Waals surface area contributed by atoms with Gasteiger partial charge in [0.1, 0.15) is 17.1 Å². The summed E-state index contributed by atoms with van der Waals surface area (Å²) >= 11 is 0. The first kappa shape index (κ1) is 17.7. The first-order valence-electron chi connectivity index (χ1n) is 11.2. The summed E-state index contributed by atoms with van der Waals surface area (Å²) in [5.41, 5.74) is 7.59. The fourth-order valence-corrected chi connectivity index (χ4v) is 4.84. The molecule has 0 aliphatic carbocycles. The van der Waals surface area contributed by atoms with Gasteiger partial charge in [0, 0.05) is 13.9 Å². The van der Waals surface area contributed by atoms with E-state index in [0.29, 0.717) is 0 Å². The molecule has 30 heavy (non-hydrogen) atoms. The van der Waals surface area contributed by atoms with Crippen molar-refractivity contribution >= 4 is 0 Å². The van der Waals surface area contributed by atoms with Gasteiger partial charge in [-0.05, 0) is 51.0 Å². The first-order chi connectivity index (χ1) is 14.8. The number of aromatic nitrogens is 2. The molecule has 0 N–H and O–H groups in total. The maximum Gasteiger partial charge on any atom is 0.272 e. The van der Waals surface area contributed by atoms with Crippen LogP contribution >= 0.6 is 0 Å². The minimum Gasteiger partial charge on any atom is -0.196 e. The van der Waals surface area contributed by atoms with Crippen molar-refractivity contribution in [3.05, 3.63) is 113 Å². The summed E-state index contributed by atoms with van der Waals surface area (Å²) < 4.78 is 14.7. The highest BCUT2D eigenvalue weighted by Gasteiger charge is 2.46. The van der Waals surface area contributed by atoms with E-state index in [2.05, 4.69) is 104 Å². The highest BCUT2D eigenvalue weighted by Crippen LogP contribution is 2.45. The Labute approximate surface area is 180 Å². The number of hydrogen-bond donors (Lipinski definition) is 0. The van der Waals surface area contributed by atoms with Crippen LogP contribution in [0.5, 0.6) is 0 Å². The van der Waals surface area contributed by atoms with Crippen LogP contribution in [0.25, 0.3) is 11.4 Å². The Balaban J connectivity index is 1.97. The van der Waals surface area contributed by atoms with E-state index in [1.807, 2.05) is 18.2 Å². The quantitative estimate of drug-likeness (QED) is 0.360. The molecule has 1 aromatic heterocycles. The van der Waals surface area contributed by atoms with E-state index < -0.39 is 5.89 Å². The minimum absolute atomic E-state index is 0.125. The van der Waals surface area contributed by atoms with Crippen molar-refractivity contribution in [2.75, 3.05) is 0 Å². The molecule has 0 fully saturated rings. The summed E-state index contributed by atoms with van der Waals surface area (Å²) in [5.74, 6) is 0.238. The van der Waals surface area contributed by atoms with Crippen molar-refractivity contribution in [2.24, 2.45) is 0 Å². The lowest BCUT2D eigenvalue weighted by molar-refractivity contribution is -0.614. The van der Waals surface area contributed by atoms with Crippen molar-refractivity contribution in [2.45, 2.75) is 45.9 Å². The molecule has 0 amide bonds. The van der Waals surface area contributed by atoms with Crippen molar-refractivity contribution in [1.29, 1.82) is 0 Å². The van der Waals surface area contributed by atoms with Gasteiger partial charge in [-0.2, -0.15) is 9.13 Å². The Bertz CT molecular complexity index is 1290. The monoisotopic (exact) mass is 394 g/mol. The van der Waals surface area contributed by atoms with Crippen molar-refractivity contribution < 1.29 is 5.94 Å². The van der Waals surface area contributed by atoms with E-state index >= 15 is 0 Å². The maximum atomic E-state index is 9.92. The number of nitrogens with zero attached hydrogens (tertiary/aromatic N) is 2. The predicted molar refractivity (Wildman–Crippen MR) is 123 cm³/mol. The fourth-order valence-electron chi connectivity index (χ4n) is 4.84. The normalized spacial score (nSPS) is 18.1. The third kappa shape index (κ3) is 2.67. The van der Waals surface area contributed by atoms with Crippen molar-refractivity contribution in [1.82, 2.24) is 4.57 Å². The molecule has 0 saturated heterocycles. The van der Waals surface area contributed by atoms with E-state index in [4.69, 9.17) is 0 Å². The second-order valence-electron chi connectivity index (χ2n) is 9.22. The summed E-state index contributed by atoms with van der Waals surface area (Å²) in [6.07, 6.45) is 0. The molecule has 150 valence electrons. The molecule has 2 nitrogen and oxygen atoms in total. The number of imidazole rings is 1. The van der Waals surface area contributed by atoms with Crippen LogP contribution < -0.4 is 4.57 Å². The van der Waals surface area contributed by atoms with Gasteiger partial charge in [-0.3, -0.25) is 0 Å². The second kappa shape index (κ2) is 6.70. The van der Waals surface area contributed by atoms with Crippen LogP contribution in [0.2, 0.25) is 0 Å². The molecular weight excluding hydrogens is 364 g/mol.